The second-order valence-corrected chi connectivity index (χ2v) is 15.1. The average molecular weight is 846 g/mol. The number of benzene rings is 4. The van der Waals surface area contributed by atoms with Crippen molar-refractivity contribution in [3.63, 3.8) is 0 Å². The zero-order valence-corrected chi connectivity index (χ0v) is 36.5. The van der Waals surface area contributed by atoms with E-state index in [1.165, 1.54) is 6.08 Å². The van der Waals surface area contributed by atoms with Crippen LogP contribution in [0.5, 0.6) is 5.75 Å². The molecule has 0 atom stereocenters. The maximum absolute atomic E-state index is 14.4. The normalized spacial score (nSPS) is 13.2. The van der Waals surface area contributed by atoms with Gasteiger partial charge in [0.05, 0.1) is 39.0 Å². The molecule has 1 saturated heterocycles. The number of anilines is 1. The summed E-state index contributed by atoms with van der Waals surface area (Å²) >= 11 is 0. The topological polar surface area (TPSA) is 140 Å². The third-order valence-electron chi connectivity index (χ3n) is 11.2. The molecule has 62 heavy (non-hydrogen) atoms. The fourth-order valence-corrected chi connectivity index (χ4v) is 7.80. The van der Waals surface area contributed by atoms with Crippen molar-refractivity contribution in [2.45, 2.75) is 27.7 Å². The number of amides is 3. The first kappa shape index (κ1) is 45.5. The average Bonchev–Trinajstić information content (AvgIpc) is 3.29. The Morgan fingerprint density at radius 1 is 0.790 bits per heavy atom. The molecule has 13 nitrogen and oxygen atoms in total. The number of ether oxygens (including phenoxy) is 2. The highest BCUT2D eigenvalue weighted by molar-refractivity contribution is 6.09. The number of carbonyl (C=O) groups is 3. The van der Waals surface area contributed by atoms with Gasteiger partial charge in [-0.25, -0.2) is 4.58 Å². The molecule has 0 spiro atoms. The van der Waals surface area contributed by atoms with Crippen LogP contribution in [0.4, 0.5) is 5.69 Å². The number of aromatic hydroxyl groups is 1. The summed E-state index contributed by atoms with van der Waals surface area (Å²) < 4.78 is 20.1. The van der Waals surface area contributed by atoms with Gasteiger partial charge >= 0.3 is 0 Å². The summed E-state index contributed by atoms with van der Waals surface area (Å²) in [7, 11) is 0. The maximum atomic E-state index is 14.4. The fraction of sp³-hybridized carbons (Fsp3) is 0.388. The van der Waals surface area contributed by atoms with Gasteiger partial charge in [0, 0.05) is 98.3 Å². The van der Waals surface area contributed by atoms with Gasteiger partial charge in [-0.3, -0.25) is 19.3 Å². The van der Waals surface area contributed by atoms with Crippen LogP contribution in [0.1, 0.15) is 43.6 Å². The molecule has 3 amide bonds. The summed E-state index contributed by atoms with van der Waals surface area (Å²) in [5.41, 5.74) is 6.12. The lowest BCUT2D eigenvalue weighted by molar-refractivity contribution is -0.123. The predicted molar refractivity (Wildman–Crippen MR) is 245 cm³/mol. The molecule has 13 heteroatoms. The van der Waals surface area contributed by atoms with Crippen LogP contribution in [0.15, 0.2) is 95.4 Å². The molecular weight excluding hydrogens is 785 g/mol. The second kappa shape index (κ2) is 22.7. The van der Waals surface area contributed by atoms with E-state index in [1.54, 1.807) is 30.3 Å². The zero-order chi connectivity index (χ0) is 43.8. The Kier molecular flexibility index (Phi) is 16.7. The largest absolute Gasteiger partial charge is 0.508 e. The van der Waals surface area contributed by atoms with E-state index >= 15 is 0 Å². The quantitative estimate of drug-likeness (QED) is 0.0412. The Hall–Kier alpha value is -6.02. The van der Waals surface area contributed by atoms with Crippen molar-refractivity contribution in [3.05, 3.63) is 107 Å². The maximum Gasteiger partial charge on any atom is 0.254 e. The summed E-state index contributed by atoms with van der Waals surface area (Å²) in [6.45, 7) is 16.7. The fourth-order valence-electron chi connectivity index (χ4n) is 7.80. The molecule has 1 fully saturated rings. The highest BCUT2D eigenvalue weighted by Gasteiger charge is 2.27. The molecule has 3 aromatic rings. The van der Waals surface area contributed by atoms with Crippen molar-refractivity contribution >= 4 is 40.5 Å². The predicted octanol–water partition coefficient (Wildman–Crippen LogP) is 5.31. The molecule has 0 unspecified atom stereocenters. The Balaban J connectivity index is 0.988. The van der Waals surface area contributed by atoms with Gasteiger partial charge in [0.25, 0.3) is 5.91 Å². The summed E-state index contributed by atoms with van der Waals surface area (Å²) in [5, 5.41) is 17.1. The van der Waals surface area contributed by atoms with Crippen molar-refractivity contribution < 1.29 is 33.4 Å². The molecule has 0 bridgehead atoms. The Bertz CT molecular complexity index is 2340. The zero-order valence-electron chi connectivity index (χ0n) is 36.5. The van der Waals surface area contributed by atoms with Crippen LogP contribution in [-0.2, 0) is 19.1 Å². The monoisotopic (exact) mass is 845 g/mol. The van der Waals surface area contributed by atoms with E-state index in [4.69, 9.17) is 13.9 Å². The van der Waals surface area contributed by atoms with E-state index in [0.29, 0.717) is 71.3 Å². The third-order valence-corrected chi connectivity index (χ3v) is 11.2. The van der Waals surface area contributed by atoms with Gasteiger partial charge in [0.15, 0.2) is 0 Å². The number of nitrogens with one attached hydrogen (secondary N) is 2. The number of nitrogens with zero attached hydrogens (tertiary/aromatic N) is 4. The van der Waals surface area contributed by atoms with E-state index in [1.807, 2.05) is 29.2 Å². The van der Waals surface area contributed by atoms with Gasteiger partial charge < -0.3 is 39.4 Å². The number of carbonyl (C=O) groups excluding carboxylic acids is 3. The third kappa shape index (κ3) is 11.9. The lowest BCUT2D eigenvalue weighted by Gasteiger charge is -2.34. The molecular formula is C49H61N6O7+. The molecule has 3 N–H and O–H groups in total. The minimum Gasteiger partial charge on any atom is -0.508 e. The van der Waals surface area contributed by atoms with E-state index in [-0.39, 0.29) is 30.0 Å². The van der Waals surface area contributed by atoms with Crippen LogP contribution in [0.3, 0.4) is 0 Å². The number of fused-ring (bicyclic) bond motifs is 2. The first-order valence-corrected chi connectivity index (χ1v) is 21.8. The number of phenolic OH excluding ortho intramolecular Hbond substituents is 1. The second-order valence-electron chi connectivity index (χ2n) is 15.1. The van der Waals surface area contributed by atoms with Gasteiger partial charge in [-0.2, -0.15) is 0 Å². The Morgan fingerprint density at radius 2 is 1.48 bits per heavy atom. The summed E-state index contributed by atoms with van der Waals surface area (Å²) in [6, 6.07) is 27.2. The molecule has 3 aromatic carbocycles. The van der Waals surface area contributed by atoms with Gasteiger partial charge in [-0.05, 0) is 81.3 Å². The number of rotatable bonds is 20. The molecule has 328 valence electrons. The molecule has 2 heterocycles. The standard InChI is InChI=1S/C49H60N6O7/c1-5-53(6-2)37-16-20-42-44(33-37)62-45-34-38(54(7-3)8-4)17-21-43(45)48(42)40-11-9-10-12-41(40)49(59)55-27-25-52(26-28-55)35-47(58)51-24-30-61-32-31-60-29-23-50-46(57)22-15-36-13-18-39(56)19-14-36/h9-22,33-34H,5-8,23-32,35H2,1-4H3,(H2-,50,51,56,57,58)/p+1. The SMILES string of the molecule is CCN(CC)c1ccc2c(-c3ccccc3C(=O)N3CCN(CC(=O)NCCOCCOCCNC(=O)/C=C/c4ccc(O)cc4)CC3)c3ccc(=[N+](CC)CC)cc-3oc2c1. The van der Waals surface area contributed by atoms with E-state index in [0.717, 1.165) is 76.2 Å². The van der Waals surface area contributed by atoms with Crippen molar-refractivity contribution in [2.24, 2.45) is 0 Å². The van der Waals surface area contributed by atoms with Crippen molar-refractivity contribution in [1.82, 2.24) is 25.0 Å². The number of hydrogen-bond donors (Lipinski definition) is 3. The molecule has 0 saturated carbocycles. The van der Waals surface area contributed by atoms with Gasteiger partial charge in [-0.15, -0.1) is 0 Å². The lowest BCUT2D eigenvalue weighted by Crippen LogP contribution is -2.51. The van der Waals surface area contributed by atoms with E-state index in [2.05, 4.69) is 89.1 Å². The Labute approximate surface area is 364 Å². The van der Waals surface area contributed by atoms with E-state index in [9.17, 15) is 19.5 Å². The van der Waals surface area contributed by atoms with Crippen molar-refractivity contribution in [3.8, 4) is 28.2 Å². The van der Waals surface area contributed by atoms with Gasteiger partial charge in [0.2, 0.25) is 17.2 Å². The van der Waals surface area contributed by atoms with Crippen LogP contribution < -0.4 is 25.5 Å². The van der Waals surface area contributed by atoms with Gasteiger partial charge in [0.1, 0.15) is 30.2 Å². The number of hydrogen-bond acceptors (Lipinski definition) is 9. The lowest BCUT2D eigenvalue weighted by atomic mass is 9.90. The smallest absolute Gasteiger partial charge is 0.254 e. The van der Waals surface area contributed by atoms with Crippen LogP contribution in [0.25, 0.3) is 39.5 Å². The van der Waals surface area contributed by atoms with E-state index < -0.39 is 0 Å². The highest BCUT2D eigenvalue weighted by Crippen LogP contribution is 2.42. The number of piperazine rings is 1. The summed E-state index contributed by atoms with van der Waals surface area (Å²) in [4.78, 5) is 45.4. The molecule has 2 aliphatic heterocycles. The van der Waals surface area contributed by atoms with Crippen LogP contribution in [0, 0.1) is 0 Å². The van der Waals surface area contributed by atoms with Gasteiger partial charge in [-0.1, -0.05) is 30.3 Å². The number of phenols is 1. The first-order valence-electron chi connectivity index (χ1n) is 21.8. The highest BCUT2D eigenvalue weighted by atomic mass is 16.5. The summed E-state index contributed by atoms with van der Waals surface area (Å²) in [5.74, 6) is 0.592. The van der Waals surface area contributed by atoms with Crippen molar-refractivity contribution in [2.75, 3.05) is 103 Å². The molecule has 6 rings (SSSR count). The summed E-state index contributed by atoms with van der Waals surface area (Å²) in [6.07, 6.45) is 3.10. The molecule has 0 radical (unpaired) electrons. The molecule has 1 aliphatic carbocycles. The molecule has 3 aliphatic rings. The molecule has 0 aromatic heterocycles. The van der Waals surface area contributed by atoms with Crippen LogP contribution in [0.2, 0.25) is 0 Å². The van der Waals surface area contributed by atoms with Crippen LogP contribution >= 0.6 is 0 Å². The first-order chi connectivity index (χ1) is 30.2. The van der Waals surface area contributed by atoms with Crippen LogP contribution in [-0.4, -0.2) is 131 Å². The minimum absolute atomic E-state index is 0.0312. The van der Waals surface area contributed by atoms with Crippen molar-refractivity contribution in [1.29, 1.82) is 0 Å². The Morgan fingerprint density at radius 3 is 2.18 bits per heavy atom. The minimum atomic E-state index is -0.233.